The summed E-state index contributed by atoms with van der Waals surface area (Å²) in [5.74, 6) is 0. The summed E-state index contributed by atoms with van der Waals surface area (Å²) >= 11 is 0. The summed E-state index contributed by atoms with van der Waals surface area (Å²) in [4.78, 5) is 0. The zero-order valence-electron chi connectivity index (χ0n) is 7.93. The lowest BCUT2D eigenvalue weighted by molar-refractivity contribution is 0.791. The first-order valence-electron chi connectivity index (χ1n) is 4.59. The van der Waals surface area contributed by atoms with Crippen LogP contribution in [0.25, 0.3) is 0 Å². The van der Waals surface area contributed by atoms with Crippen LogP contribution in [0.4, 0.5) is 5.69 Å². The number of aryl methyl sites for hydroxylation is 2. The summed E-state index contributed by atoms with van der Waals surface area (Å²) in [7, 11) is 0. The smallest absolute Gasteiger partial charge is 0.0316 e. The minimum Gasteiger partial charge on any atom is -0.399 e. The van der Waals surface area contributed by atoms with Gasteiger partial charge in [0.15, 0.2) is 0 Å². The van der Waals surface area contributed by atoms with Gasteiger partial charge in [0.25, 0.3) is 0 Å². The largest absolute Gasteiger partial charge is 0.399 e. The highest BCUT2D eigenvalue weighted by Gasteiger charge is 1.97. The fourth-order valence-corrected chi connectivity index (χ4v) is 1.33. The van der Waals surface area contributed by atoms with Crippen molar-refractivity contribution in [1.82, 2.24) is 0 Å². The van der Waals surface area contributed by atoms with Crippen LogP contribution in [0.2, 0.25) is 0 Å². The first-order valence-corrected chi connectivity index (χ1v) is 4.59. The lowest BCUT2D eigenvalue weighted by Crippen LogP contribution is -1.92. The van der Waals surface area contributed by atoms with Gasteiger partial charge in [0.05, 0.1) is 0 Å². The molecule has 0 saturated carbocycles. The zero-order valence-corrected chi connectivity index (χ0v) is 7.93. The van der Waals surface area contributed by atoms with E-state index in [1.54, 1.807) is 0 Å². The van der Waals surface area contributed by atoms with Crippen LogP contribution in [0.15, 0.2) is 18.2 Å². The van der Waals surface area contributed by atoms with Gasteiger partial charge in [-0.2, -0.15) is 0 Å². The molecular weight excluding hydrogens is 146 g/mol. The topological polar surface area (TPSA) is 26.0 Å². The molecule has 1 aromatic rings. The van der Waals surface area contributed by atoms with Crippen molar-refractivity contribution in [3.63, 3.8) is 0 Å². The molecule has 0 aliphatic carbocycles. The monoisotopic (exact) mass is 163 g/mol. The van der Waals surface area contributed by atoms with E-state index in [9.17, 15) is 0 Å². The van der Waals surface area contributed by atoms with Crippen LogP contribution in [0.3, 0.4) is 0 Å². The van der Waals surface area contributed by atoms with Gasteiger partial charge in [0.2, 0.25) is 0 Å². The molecule has 66 valence electrons. The van der Waals surface area contributed by atoms with Crippen LogP contribution >= 0.6 is 0 Å². The fraction of sp³-hybridized carbons (Fsp3) is 0.455. The summed E-state index contributed by atoms with van der Waals surface area (Å²) in [5, 5.41) is 0. The highest BCUT2D eigenvalue weighted by atomic mass is 14.5. The Morgan fingerprint density at radius 2 is 2.08 bits per heavy atom. The Morgan fingerprint density at radius 1 is 1.33 bits per heavy atom. The quantitative estimate of drug-likeness (QED) is 0.681. The highest BCUT2D eigenvalue weighted by molar-refractivity contribution is 5.44. The minimum atomic E-state index is 0.881. The Labute approximate surface area is 74.6 Å². The van der Waals surface area contributed by atoms with E-state index in [0.29, 0.717) is 0 Å². The molecule has 0 saturated heterocycles. The molecule has 0 fully saturated rings. The van der Waals surface area contributed by atoms with Gasteiger partial charge in [-0.1, -0.05) is 19.4 Å². The molecule has 0 aliphatic rings. The molecule has 0 bridgehead atoms. The van der Waals surface area contributed by atoms with E-state index < -0.39 is 0 Å². The van der Waals surface area contributed by atoms with Crippen LogP contribution < -0.4 is 5.73 Å². The number of unbranched alkanes of at least 4 members (excludes halogenated alkanes) is 1. The molecule has 0 atom stereocenters. The van der Waals surface area contributed by atoms with E-state index >= 15 is 0 Å². The predicted molar refractivity (Wildman–Crippen MR) is 54.2 cm³/mol. The molecule has 0 spiro atoms. The average Bonchev–Trinajstić information content (AvgIpc) is 2.07. The third-order valence-electron chi connectivity index (χ3n) is 2.17. The molecular formula is C11H17N. The molecule has 1 rings (SSSR count). The molecule has 1 aromatic carbocycles. The van der Waals surface area contributed by atoms with E-state index in [-0.39, 0.29) is 0 Å². The van der Waals surface area contributed by atoms with Crippen molar-refractivity contribution in [3.05, 3.63) is 29.3 Å². The van der Waals surface area contributed by atoms with Gasteiger partial charge in [-0.15, -0.1) is 0 Å². The molecule has 0 unspecified atom stereocenters. The van der Waals surface area contributed by atoms with Crippen LogP contribution in [-0.2, 0) is 6.42 Å². The van der Waals surface area contributed by atoms with Gasteiger partial charge in [-0.25, -0.2) is 0 Å². The Morgan fingerprint density at radius 3 is 2.75 bits per heavy atom. The van der Waals surface area contributed by atoms with Crippen molar-refractivity contribution in [2.75, 3.05) is 5.73 Å². The van der Waals surface area contributed by atoms with Gasteiger partial charge in [0, 0.05) is 5.69 Å². The van der Waals surface area contributed by atoms with E-state index in [2.05, 4.69) is 26.0 Å². The first kappa shape index (κ1) is 9.11. The van der Waals surface area contributed by atoms with Crippen molar-refractivity contribution in [3.8, 4) is 0 Å². The van der Waals surface area contributed by atoms with Crippen molar-refractivity contribution >= 4 is 5.69 Å². The molecule has 12 heavy (non-hydrogen) atoms. The Kier molecular flexibility index (Phi) is 3.15. The maximum atomic E-state index is 5.70. The highest BCUT2D eigenvalue weighted by Crippen LogP contribution is 2.14. The average molecular weight is 163 g/mol. The van der Waals surface area contributed by atoms with E-state index in [0.717, 1.165) is 12.1 Å². The molecule has 1 nitrogen and oxygen atoms in total. The number of nitrogens with two attached hydrogens (primary N) is 1. The lowest BCUT2D eigenvalue weighted by Gasteiger charge is -2.05. The predicted octanol–water partition coefficient (Wildman–Crippen LogP) is 2.92. The Bertz CT molecular complexity index is 253. The Hall–Kier alpha value is -0.980. The molecule has 0 aliphatic heterocycles. The van der Waals surface area contributed by atoms with Crippen molar-refractivity contribution in [2.24, 2.45) is 0 Å². The van der Waals surface area contributed by atoms with E-state index in [1.807, 2.05) is 6.07 Å². The number of hydrogen-bond acceptors (Lipinski definition) is 1. The number of nitrogen functional groups attached to an aromatic ring is 1. The SMILES string of the molecule is CCCCc1cc(N)ccc1C. The van der Waals surface area contributed by atoms with Gasteiger partial charge in [-0.05, 0) is 43.0 Å². The van der Waals surface area contributed by atoms with Gasteiger partial charge in [0.1, 0.15) is 0 Å². The number of hydrogen-bond donors (Lipinski definition) is 1. The first-order chi connectivity index (χ1) is 5.74. The standard InChI is InChI=1S/C11H17N/c1-3-4-5-10-8-11(12)7-6-9(10)2/h6-8H,3-5,12H2,1-2H3. The number of benzene rings is 1. The van der Waals surface area contributed by atoms with Gasteiger partial charge in [-0.3, -0.25) is 0 Å². The number of rotatable bonds is 3. The zero-order chi connectivity index (χ0) is 8.97. The second-order valence-electron chi connectivity index (χ2n) is 3.29. The minimum absolute atomic E-state index is 0.881. The summed E-state index contributed by atoms with van der Waals surface area (Å²) in [6.07, 6.45) is 3.66. The summed E-state index contributed by atoms with van der Waals surface area (Å²) < 4.78 is 0. The Balaban J connectivity index is 2.75. The summed E-state index contributed by atoms with van der Waals surface area (Å²) in [5.41, 5.74) is 9.34. The van der Waals surface area contributed by atoms with Gasteiger partial charge >= 0.3 is 0 Å². The molecule has 0 radical (unpaired) electrons. The van der Waals surface area contributed by atoms with Crippen LogP contribution in [0.1, 0.15) is 30.9 Å². The molecule has 1 heteroatoms. The van der Waals surface area contributed by atoms with E-state index in [1.165, 1.54) is 24.0 Å². The molecule has 0 heterocycles. The third-order valence-corrected chi connectivity index (χ3v) is 2.17. The van der Waals surface area contributed by atoms with Crippen LogP contribution in [0, 0.1) is 6.92 Å². The van der Waals surface area contributed by atoms with Gasteiger partial charge < -0.3 is 5.73 Å². The van der Waals surface area contributed by atoms with Crippen molar-refractivity contribution < 1.29 is 0 Å². The maximum absolute atomic E-state index is 5.70. The molecule has 0 amide bonds. The maximum Gasteiger partial charge on any atom is 0.0316 e. The molecule has 0 aromatic heterocycles. The summed E-state index contributed by atoms with van der Waals surface area (Å²) in [6, 6.07) is 6.15. The second-order valence-corrected chi connectivity index (χ2v) is 3.29. The summed E-state index contributed by atoms with van der Waals surface area (Å²) in [6.45, 7) is 4.35. The second kappa shape index (κ2) is 4.15. The molecule has 2 N–H and O–H groups in total. The van der Waals surface area contributed by atoms with Crippen molar-refractivity contribution in [2.45, 2.75) is 33.1 Å². The lowest BCUT2D eigenvalue weighted by atomic mass is 10.0. The van der Waals surface area contributed by atoms with Crippen LogP contribution in [-0.4, -0.2) is 0 Å². The van der Waals surface area contributed by atoms with Crippen molar-refractivity contribution in [1.29, 1.82) is 0 Å². The third kappa shape index (κ3) is 2.26. The van der Waals surface area contributed by atoms with Crippen LogP contribution in [0.5, 0.6) is 0 Å². The normalized spacial score (nSPS) is 10.2. The number of anilines is 1. The van der Waals surface area contributed by atoms with E-state index in [4.69, 9.17) is 5.73 Å². The fourth-order valence-electron chi connectivity index (χ4n) is 1.33.